The van der Waals surface area contributed by atoms with E-state index in [1.54, 1.807) is 29.1 Å². The van der Waals surface area contributed by atoms with Gasteiger partial charge in [0.2, 0.25) is 5.91 Å². The van der Waals surface area contributed by atoms with Crippen molar-refractivity contribution in [3.8, 4) is 0 Å². The van der Waals surface area contributed by atoms with Gasteiger partial charge < -0.3 is 16.0 Å². The number of anilines is 2. The van der Waals surface area contributed by atoms with Gasteiger partial charge in [0.25, 0.3) is 5.91 Å². The topological polar surface area (TPSA) is 88.1 Å². The first-order valence-corrected chi connectivity index (χ1v) is 8.70. The average molecular weight is 361 g/mol. The van der Waals surface area contributed by atoms with E-state index in [1.807, 2.05) is 42.6 Å². The molecule has 1 unspecified atom stereocenters. The number of fused-ring (bicyclic) bond motifs is 1. The van der Waals surface area contributed by atoms with Crippen molar-refractivity contribution in [2.75, 3.05) is 17.2 Å². The van der Waals surface area contributed by atoms with E-state index in [-0.39, 0.29) is 24.4 Å². The zero-order chi connectivity index (χ0) is 18.6. The lowest BCUT2D eigenvalue weighted by Crippen LogP contribution is -2.32. The Hall–Kier alpha value is -3.61. The zero-order valence-electron chi connectivity index (χ0n) is 14.6. The third-order valence-electron chi connectivity index (χ3n) is 4.43. The molecule has 2 amide bonds. The van der Waals surface area contributed by atoms with Crippen LogP contribution in [0.2, 0.25) is 0 Å². The van der Waals surface area contributed by atoms with Crippen LogP contribution in [-0.2, 0) is 11.3 Å². The molecule has 7 heteroatoms. The molecule has 0 bridgehead atoms. The summed E-state index contributed by atoms with van der Waals surface area (Å²) in [4.78, 5) is 24.4. The Labute approximate surface area is 156 Å². The van der Waals surface area contributed by atoms with Gasteiger partial charge in [0.05, 0.1) is 30.5 Å². The highest BCUT2D eigenvalue weighted by molar-refractivity contribution is 6.03. The van der Waals surface area contributed by atoms with E-state index in [2.05, 4.69) is 21.0 Å². The van der Waals surface area contributed by atoms with Gasteiger partial charge in [-0.25, -0.2) is 0 Å². The Morgan fingerprint density at radius 2 is 2.00 bits per heavy atom. The number of benzene rings is 2. The summed E-state index contributed by atoms with van der Waals surface area (Å²) in [7, 11) is 0. The Morgan fingerprint density at radius 1 is 1.15 bits per heavy atom. The summed E-state index contributed by atoms with van der Waals surface area (Å²) in [6, 6.07) is 16.6. The first kappa shape index (κ1) is 16.8. The normalized spacial score (nSPS) is 13.9. The molecular weight excluding hydrogens is 342 g/mol. The summed E-state index contributed by atoms with van der Waals surface area (Å²) in [5.74, 6) is -0.334. The van der Waals surface area contributed by atoms with Crippen molar-refractivity contribution in [1.29, 1.82) is 0 Å². The Kier molecular flexibility index (Phi) is 4.57. The fraction of sp³-hybridized carbons (Fsp3) is 0.150. The molecular formula is C20H19N5O2. The van der Waals surface area contributed by atoms with Gasteiger partial charge in [-0.1, -0.05) is 30.3 Å². The summed E-state index contributed by atoms with van der Waals surface area (Å²) >= 11 is 0. The van der Waals surface area contributed by atoms with Crippen molar-refractivity contribution < 1.29 is 9.59 Å². The van der Waals surface area contributed by atoms with E-state index in [4.69, 9.17) is 0 Å². The summed E-state index contributed by atoms with van der Waals surface area (Å²) in [6.45, 7) is 0.754. The molecule has 0 saturated carbocycles. The summed E-state index contributed by atoms with van der Waals surface area (Å²) in [5, 5.41) is 13.1. The van der Waals surface area contributed by atoms with Crippen molar-refractivity contribution in [2.24, 2.45) is 0 Å². The Morgan fingerprint density at radius 3 is 2.78 bits per heavy atom. The lowest BCUT2D eigenvalue weighted by Gasteiger charge is -2.21. The van der Waals surface area contributed by atoms with Gasteiger partial charge in [-0.3, -0.25) is 14.3 Å². The van der Waals surface area contributed by atoms with Crippen LogP contribution in [0.4, 0.5) is 11.4 Å². The molecule has 1 aliphatic rings. The van der Waals surface area contributed by atoms with Gasteiger partial charge in [-0.15, -0.1) is 0 Å². The average Bonchev–Trinajstić information content (AvgIpc) is 3.20. The number of hydrogen-bond donors (Lipinski definition) is 3. The maximum Gasteiger partial charge on any atom is 0.251 e. The van der Waals surface area contributed by atoms with E-state index in [9.17, 15) is 9.59 Å². The standard InChI is InChI=1S/C20H19N5O2/c26-19-12-21-16-8-7-15(11-17(16)23-19)20(27)24-18(13-25-10-4-9-22-25)14-5-2-1-3-6-14/h1-11,18,21H,12-13H2,(H,23,26)(H,24,27). The number of rotatable bonds is 5. The maximum absolute atomic E-state index is 12.9. The second kappa shape index (κ2) is 7.33. The highest BCUT2D eigenvalue weighted by Gasteiger charge is 2.19. The van der Waals surface area contributed by atoms with Crippen LogP contribution in [0.5, 0.6) is 0 Å². The van der Waals surface area contributed by atoms with Crippen molar-refractivity contribution in [1.82, 2.24) is 15.1 Å². The number of carbonyl (C=O) groups is 2. The molecule has 0 radical (unpaired) electrons. The molecule has 1 aromatic heterocycles. The summed E-state index contributed by atoms with van der Waals surface area (Å²) < 4.78 is 1.79. The van der Waals surface area contributed by atoms with Crippen LogP contribution < -0.4 is 16.0 Å². The molecule has 0 saturated heterocycles. The fourth-order valence-electron chi connectivity index (χ4n) is 3.07. The first-order valence-electron chi connectivity index (χ1n) is 8.70. The number of aromatic nitrogens is 2. The van der Waals surface area contributed by atoms with Crippen molar-refractivity contribution in [3.05, 3.63) is 78.1 Å². The molecule has 4 rings (SSSR count). The van der Waals surface area contributed by atoms with Crippen LogP contribution in [0.3, 0.4) is 0 Å². The van der Waals surface area contributed by atoms with Crippen molar-refractivity contribution in [2.45, 2.75) is 12.6 Å². The van der Waals surface area contributed by atoms with E-state index in [0.29, 0.717) is 17.8 Å². The number of nitrogens with one attached hydrogen (secondary N) is 3. The van der Waals surface area contributed by atoms with Gasteiger partial charge >= 0.3 is 0 Å². The van der Waals surface area contributed by atoms with Crippen LogP contribution in [0.15, 0.2) is 67.0 Å². The lowest BCUT2D eigenvalue weighted by atomic mass is 10.1. The number of amides is 2. The second-order valence-electron chi connectivity index (χ2n) is 6.33. The highest BCUT2D eigenvalue weighted by Crippen LogP contribution is 2.26. The molecule has 136 valence electrons. The predicted molar refractivity (Wildman–Crippen MR) is 102 cm³/mol. The molecule has 0 spiro atoms. The van der Waals surface area contributed by atoms with Crippen molar-refractivity contribution in [3.63, 3.8) is 0 Å². The van der Waals surface area contributed by atoms with E-state index >= 15 is 0 Å². The molecule has 2 heterocycles. The molecule has 7 nitrogen and oxygen atoms in total. The molecule has 3 N–H and O–H groups in total. The number of carbonyl (C=O) groups excluding carboxylic acids is 2. The van der Waals surface area contributed by atoms with Crippen LogP contribution in [0.1, 0.15) is 22.0 Å². The van der Waals surface area contributed by atoms with Crippen LogP contribution in [0, 0.1) is 0 Å². The van der Waals surface area contributed by atoms with Gasteiger partial charge in [0.15, 0.2) is 0 Å². The SMILES string of the molecule is O=C1CNc2ccc(C(=O)NC(Cn3cccn3)c3ccccc3)cc2N1. The second-order valence-corrected chi connectivity index (χ2v) is 6.33. The lowest BCUT2D eigenvalue weighted by molar-refractivity contribution is -0.114. The maximum atomic E-state index is 12.9. The first-order chi connectivity index (χ1) is 13.2. The third kappa shape index (κ3) is 3.82. The third-order valence-corrected chi connectivity index (χ3v) is 4.43. The minimum atomic E-state index is -0.234. The van der Waals surface area contributed by atoms with Crippen LogP contribution >= 0.6 is 0 Å². The molecule has 2 aromatic carbocycles. The van der Waals surface area contributed by atoms with Gasteiger partial charge in [-0.2, -0.15) is 5.10 Å². The van der Waals surface area contributed by atoms with Crippen molar-refractivity contribution >= 4 is 23.2 Å². The fourth-order valence-corrected chi connectivity index (χ4v) is 3.07. The predicted octanol–water partition coefficient (Wildman–Crippen LogP) is 2.42. The highest BCUT2D eigenvalue weighted by atomic mass is 16.2. The molecule has 1 aliphatic heterocycles. The van der Waals surface area contributed by atoms with Gasteiger partial charge in [0, 0.05) is 18.0 Å². The Balaban J connectivity index is 1.56. The number of nitrogens with zero attached hydrogens (tertiary/aromatic N) is 2. The monoisotopic (exact) mass is 361 g/mol. The largest absolute Gasteiger partial charge is 0.374 e. The zero-order valence-corrected chi connectivity index (χ0v) is 14.6. The van der Waals surface area contributed by atoms with E-state index in [1.165, 1.54) is 0 Å². The van der Waals surface area contributed by atoms with E-state index < -0.39 is 0 Å². The smallest absolute Gasteiger partial charge is 0.251 e. The Bertz CT molecular complexity index is 954. The van der Waals surface area contributed by atoms with E-state index in [0.717, 1.165) is 11.3 Å². The molecule has 0 fully saturated rings. The minimum Gasteiger partial charge on any atom is -0.374 e. The minimum absolute atomic E-state index is 0.124. The molecule has 1 atom stereocenters. The molecule has 27 heavy (non-hydrogen) atoms. The quantitative estimate of drug-likeness (QED) is 0.651. The van der Waals surface area contributed by atoms with Crippen LogP contribution in [0.25, 0.3) is 0 Å². The van der Waals surface area contributed by atoms with Gasteiger partial charge in [0.1, 0.15) is 0 Å². The van der Waals surface area contributed by atoms with Gasteiger partial charge in [-0.05, 0) is 29.8 Å². The summed E-state index contributed by atoms with van der Waals surface area (Å²) in [5.41, 5.74) is 2.90. The molecule has 0 aliphatic carbocycles. The molecule has 3 aromatic rings. The van der Waals surface area contributed by atoms with Crippen LogP contribution in [-0.4, -0.2) is 28.1 Å². The number of hydrogen-bond acceptors (Lipinski definition) is 4. The summed E-state index contributed by atoms with van der Waals surface area (Å²) in [6.07, 6.45) is 3.57.